The maximum Gasteiger partial charge on any atom is 0.250 e. The van der Waals surface area contributed by atoms with Gasteiger partial charge in [0.2, 0.25) is 0 Å². The Kier molecular flexibility index (Phi) is 3.88. The van der Waals surface area contributed by atoms with Crippen LogP contribution in [0.2, 0.25) is 0 Å². The maximum atomic E-state index is 13.8. The van der Waals surface area contributed by atoms with E-state index < -0.39 is 11.7 Å². The number of nitrogens with zero attached hydrogens (tertiary/aromatic N) is 2. The Morgan fingerprint density at radius 3 is 2.90 bits per heavy atom. The minimum Gasteiger partial charge on any atom is -0.451 e. The van der Waals surface area contributed by atoms with Gasteiger partial charge in [0.05, 0.1) is 18.0 Å². The number of hydrogen-bond acceptors (Lipinski definition) is 4. The van der Waals surface area contributed by atoms with Crippen LogP contribution in [0, 0.1) is 5.82 Å². The number of primary amides is 1. The molecule has 106 valence electrons. The average molecular weight is 278 g/mol. The molecule has 1 heterocycles. The van der Waals surface area contributed by atoms with Crippen molar-refractivity contribution >= 4 is 11.6 Å². The van der Waals surface area contributed by atoms with Crippen molar-refractivity contribution in [2.45, 2.75) is 19.9 Å². The van der Waals surface area contributed by atoms with Crippen molar-refractivity contribution in [1.82, 2.24) is 9.78 Å². The lowest BCUT2D eigenvalue weighted by atomic mass is 10.1. The van der Waals surface area contributed by atoms with Crippen molar-refractivity contribution in [3.8, 4) is 11.5 Å². The molecule has 6 nitrogen and oxygen atoms in total. The third-order valence-electron chi connectivity index (χ3n) is 2.66. The number of hydrogen-bond donors (Lipinski definition) is 2. The lowest BCUT2D eigenvalue weighted by molar-refractivity contribution is 0.100. The molecule has 0 saturated carbocycles. The zero-order valence-corrected chi connectivity index (χ0v) is 11.0. The summed E-state index contributed by atoms with van der Waals surface area (Å²) < 4.78 is 20.8. The lowest BCUT2D eigenvalue weighted by Crippen LogP contribution is -2.14. The van der Waals surface area contributed by atoms with Crippen LogP contribution in [0.1, 0.15) is 23.7 Å². The van der Waals surface area contributed by atoms with E-state index in [1.54, 1.807) is 10.9 Å². The smallest absolute Gasteiger partial charge is 0.250 e. The molecule has 20 heavy (non-hydrogen) atoms. The van der Waals surface area contributed by atoms with E-state index in [9.17, 15) is 9.18 Å². The maximum absolute atomic E-state index is 13.8. The Bertz CT molecular complexity index is 639. The molecule has 1 aromatic heterocycles. The number of rotatable bonds is 5. The second-order valence-corrected chi connectivity index (χ2v) is 4.28. The van der Waals surface area contributed by atoms with E-state index in [0.29, 0.717) is 5.75 Å². The zero-order chi connectivity index (χ0) is 14.7. The molecule has 0 fully saturated rings. The molecule has 0 unspecified atom stereocenters. The topological polar surface area (TPSA) is 96.2 Å². The van der Waals surface area contributed by atoms with Crippen molar-refractivity contribution in [2.75, 3.05) is 5.73 Å². The van der Waals surface area contributed by atoms with E-state index in [0.717, 1.165) is 19.0 Å². The Hall–Kier alpha value is -2.57. The fourth-order valence-electron chi connectivity index (χ4n) is 1.74. The molecule has 0 radical (unpaired) electrons. The molecule has 2 rings (SSSR count). The molecule has 1 aromatic carbocycles. The summed E-state index contributed by atoms with van der Waals surface area (Å²) in [4.78, 5) is 11.2. The third-order valence-corrected chi connectivity index (χ3v) is 2.66. The second-order valence-electron chi connectivity index (χ2n) is 4.28. The summed E-state index contributed by atoms with van der Waals surface area (Å²) in [6.07, 6.45) is 4.03. The first kappa shape index (κ1) is 13.9. The van der Waals surface area contributed by atoms with E-state index in [1.165, 1.54) is 12.3 Å². The molecule has 0 bridgehead atoms. The highest BCUT2D eigenvalue weighted by molar-refractivity contribution is 5.98. The van der Waals surface area contributed by atoms with Crippen LogP contribution in [0.15, 0.2) is 24.5 Å². The van der Waals surface area contributed by atoms with Crippen molar-refractivity contribution in [2.24, 2.45) is 5.73 Å². The van der Waals surface area contributed by atoms with E-state index in [4.69, 9.17) is 16.2 Å². The molecule has 1 amide bonds. The minimum atomic E-state index is -0.742. The van der Waals surface area contributed by atoms with Gasteiger partial charge in [0.1, 0.15) is 0 Å². The highest BCUT2D eigenvalue weighted by Gasteiger charge is 2.14. The number of nitrogen functional groups attached to an aromatic ring is 1. The fraction of sp³-hybridized carbons (Fsp3) is 0.231. The Labute approximate surface area is 115 Å². The predicted octanol–water partition coefficient (Wildman–Crippen LogP) is 1.91. The van der Waals surface area contributed by atoms with Gasteiger partial charge in [-0.1, -0.05) is 6.92 Å². The number of anilines is 1. The molecule has 2 aromatic rings. The molecule has 0 aliphatic carbocycles. The van der Waals surface area contributed by atoms with Crippen molar-refractivity contribution in [3.05, 3.63) is 35.9 Å². The summed E-state index contributed by atoms with van der Waals surface area (Å²) in [6.45, 7) is 2.75. The number of benzene rings is 1. The number of nitrogens with two attached hydrogens (primary N) is 2. The molecule has 0 aliphatic heterocycles. The molecule has 0 spiro atoms. The molecule has 7 heteroatoms. The number of aromatic nitrogens is 2. The highest BCUT2D eigenvalue weighted by Crippen LogP contribution is 2.28. The molecule has 0 aliphatic rings. The van der Waals surface area contributed by atoms with Crippen molar-refractivity contribution in [1.29, 1.82) is 0 Å². The number of carbonyl (C=O) groups is 1. The average Bonchev–Trinajstić information content (AvgIpc) is 2.80. The number of ether oxygens (including phenoxy) is 1. The van der Waals surface area contributed by atoms with E-state index in [1.807, 2.05) is 6.92 Å². The highest BCUT2D eigenvalue weighted by atomic mass is 19.1. The summed E-state index contributed by atoms with van der Waals surface area (Å²) in [5, 5.41) is 4.06. The SMILES string of the molecule is CCCn1cc(Oc2cc(C(N)=O)c(N)cc2F)cn1. The Balaban J connectivity index is 2.28. The van der Waals surface area contributed by atoms with Crippen LogP contribution in [-0.2, 0) is 6.54 Å². The van der Waals surface area contributed by atoms with Crippen LogP contribution in [0.3, 0.4) is 0 Å². The van der Waals surface area contributed by atoms with Crippen LogP contribution in [0.4, 0.5) is 10.1 Å². The van der Waals surface area contributed by atoms with E-state index >= 15 is 0 Å². The van der Waals surface area contributed by atoms with Crippen molar-refractivity contribution < 1.29 is 13.9 Å². The van der Waals surface area contributed by atoms with Gasteiger partial charge in [-0.2, -0.15) is 5.10 Å². The predicted molar refractivity (Wildman–Crippen MR) is 71.9 cm³/mol. The van der Waals surface area contributed by atoms with Gasteiger partial charge in [-0.05, 0) is 12.5 Å². The number of carbonyl (C=O) groups excluding carboxylic acids is 1. The zero-order valence-electron chi connectivity index (χ0n) is 11.0. The molecule has 4 N–H and O–H groups in total. The second kappa shape index (κ2) is 5.60. The van der Waals surface area contributed by atoms with Gasteiger partial charge in [-0.25, -0.2) is 4.39 Å². The lowest BCUT2D eigenvalue weighted by Gasteiger charge is -2.08. The quantitative estimate of drug-likeness (QED) is 0.816. The largest absolute Gasteiger partial charge is 0.451 e. The standard InChI is InChI=1S/C13H15FN4O2/c1-2-3-18-7-8(6-17-18)20-12-4-9(13(16)19)11(15)5-10(12)14/h4-7H,2-3,15H2,1H3,(H2,16,19). The summed E-state index contributed by atoms with van der Waals surface area (Å²) in [5.41, 5.74) is 10.7. The number of amides is 1. The van der Waals surface area contributed by atoms with Crippen LogP contribution < -0.4 is 16.2 Å². The van der Waals surface area contributed by atoms with Gasteiger partial charge >= 0.3 is 0 Å². The summed E-state index contributed by atoms with van der Waals surface area (Å²) >= 11 is 0. The van der Waals surface area contributed by atoms with Crippen LogP contribution in [-0.4, -0.2) is 15.7 Å². The Morgan fingerprint density at radius 2 is 2.25 bits per heavy atom. The van der Waals surface area contributed by atoms with Gasteiger partial charge in [0.25, 0.3) is 5.91 Å². The van der Waals surface area contributed by atoms with E-state index in [-0.39, 0.29) is 17.0 Å². The molecular weight excluding hydrogens is 263 g/mol. The Morgan fingerprint density at radius 1 is 1.50 bits per heavy atom. The van der Waals surface area contributed by atoms with Crippen LogP contribution >= 0.6 is 0 Å². The van der Waals surface area contributed by atoms with Gasteiger partial charge < -0.3 is 16.2 Å². The van der Waals surface area contributed by atoms with E-state index in [2.05, 4.69) is 5.10 Å². The summed E-state index contributed by atoms with van der Waals surface area (Å²) in [5.74, 6) is -1.16. The molecule has 0 saturated heterocycles. The first-order valence-electron chi connectivity index (χ1n) is 6.10. The number of halogens is 1. The molecule has 0 atom stereocenters. The molecular formula is C13H15FN4O2. The minimum absolute atomic E-state index is 0.0161. The van der Waals surface area contributed by atoms with Crippen molar-refractivity contribution in [3.63, 3.8) is 0 Å². The summed E-state index contributed by atoms with van der Waals surface area (Å²) in [6, 6.07) is 2.19. The van der Waals surface area contributed by atoms with Gasteiger partial charge in [-0.15, -0.1) is 0 Å². The fourth-order valence-corrected chi connectivity index (χ4v) is 1.74. The third kappa shape index (κ3) is 2.87. The van der Waals surface area contributed by atoms with Gasteiger partial charge in [-0.3, -0.25) is 9.48 Å². The first-order chi connectivity index (χ1) is 9.51. The summed E-state index contributed by atoms with van der Waals surface area (Å²) in [7, 11) is 0. The monoisotopic (exact) mass is 278 g/mol. The van der Waals surface area contributed by atoms with Gasteiger partial charge in [0.15, 0.2) is 17.3 Å². The first-order valence-corrected chi connectivity index (χ1v) is 6.10. The number of aryl methyl sites for hydroxylation is 1. The van der Waals surface area contributed by atoms with Crippen LogP contribution in [0.5, 0.6) is 11.5 Å². The normalized spacial score (nSPS) is 10.5. The van der Waals surface area contributed by atoms with Crippen LogP contribution in [0.25, 0.3) is 0 Å². The van der Waals surface area contributed by atoms with Gasteiger partial charge in [0, 0.05) is 18.3 Å².